The van der Waals surface area contributed by atoms with Gasteiger partial charge < -0.3 is 10.6 Å². The molecule has 0 spiro atoms. The van der Waals surface area contributed by atoms with Crippen molar-refractivity contribution in [1.29, 1.82) is 0 Å². The van der Waals surface area contributed by atoms with Crippen molar-refractivity contribution >= 4 is 50.4 Å². The second kappa shape index (κ2) is 8.45. The SMILES string of the molecule is C[C@H](CC(=O)NCc1cccs1)S(=O)(=O)c1ccc2c(c1)NC(=O)CCS2. The summed E-state index contributed by atoms with van der Waals surface area (Å²) in [7, 11) is -3.69. The van der Waals surface area contributed by atoms with Gasteiger partial charge in [0.2, 0.25) is 11.8 Å². The van der Waals surface area contributed by atoms with E-state index in [4.69, 9.17) is 0 Å². The predicted molar refractivity (Wildman–Crippen MR) is 108 cm³/mol. The van der Waals surface area contributed by atoms with Gasteiger partial charge >= 0.3 is 0 Å². The normalized spacial score (nSPS) is 15.4. The van der Waals surface area contributed by atoms with E-state index in [1.807, 2.05) is 17.5 Å². The lowest BCUT2D eigenvalue weighted by molar-refractivity contribution is -0.121. The van der Waals surface area contributed by atoms with Gasteiger partial charge in [-0.15, -0.1) is 23.1 Å². The third-order valence-corrected chi connectivity index (χ3v) is 8.27. The number of benzene rings is 1. The third kappa shape index (κ3) is 4.91. The maximum Gasteiger partial charge on any atom is 0.225 e. The highest BCUT2D eigenvalue weighted by molar-refractivity contribution is 7.99. The second-order valence-corrected chi connectivity index (χ2v) is 10.8. The minimum Gasteiger partial charge on any atom is -0.351 e. The molecule has 1 aliphatic rings. The summed E-state index contributed by atoms with van der Waals surface area (Å²) in [6.45, 7) is 1.92. The van der Waals surface area contributed by atoms with Crippen molar-refractivity contribution in [3.05, 3.63) is 40.6 Å². The summed E-state index contributed by atoms with van der Waals surface area (Å²) < 4.78 is 25.7. The lowest BCUT2D eigenvalue weighted by Gasteiger charge is -2.15. The molecular formula is C18H20N2O4S3. The number of rotatable bonds is 6. The molecule has 27 heavy (non-hydrogen) atoms. The summed E-state index contributed by atoms with van der Waals surface area (Å²) in [5.74, 6) is 0.223. The maximum absolute atomic E-state index is 12.9. The molecule has 2 N–H and O–H groups in total. The summed E-state index contributed by atoms with van der Waals surface area (Å²) in [5, 5.41) is 6.55. The lowest BCUT2D eigenvalue weighted by atomic mass is 10.3. The van der Waals surface area contributed by atoms with Crippen LogP contribution in [0.25, 0.3) is 0 Å². The Morgan fingerprint density at radius 1 is 1.33 bits per heavy atom. The number of hydrogen-bond donors (Lipinski definition) is 2. The topological polar surface area (TPSA) is 92.3 Å². The van der Waals surface area contributed by atoms with Crippen LogP contribution in [0.3, 0.4) is 0 Å². The van der Waals surface area contributed by atoms with Crippen LogP contribution in [0.4, 0.5) is 5.69 Å². The quantitative estimate of drug-likeness (QED) is 0.744. The molecule has 0 aliphatic carbocycles. The van der Waals surface area contributed by atoms with Crippen molar-refractivity contribution in [3.63, 3.8) is 0 Å². The fourth-order valence-electron chi connectivity index (χ4n) is 2.65. The van der Waals surface area contributed by atoms with Crippen molar-refractivity contribution in [2.45, 2.75) is 41.4 Å². The molecule has 0 bridgehead atoms. The Morgan fingerprint density at radius 3 is 2.89 bits per heavy atom. The highest BCUT2D eigenvalue weighted by Gasteiger charge is 2.27. The van der Waals surface area contributed by atoms with Crippen LogP contribution in [0.1, 0.15) is 24.6 Å². The highest BCUT2D eigenvalue weighted by atomic mass is 32.2. The molecule has 3 rings (SSSR count). The van der Waals surface area contributed by atoms with E-state index in [0.29, 0.717) is 24.4 Å². The Balaban J connectivity index is 1.69. The van der Waals surface area contributed by atoms with Gasteiger partial charge in [-0.3, -0.25) is 9.59 Å². The van der Waals surface area contributed by atoms with Crippen molar-refractivity contribution in [2.24, 2.45) is 0 Å². The Hall–Kier alpha value is -1.84. The lowest BCUT2D eigenvalue weighted by Crippen LogP contribution is -2.29. The van der Waals surface area contributed by atoms with Crippen molar-refractivity contribution in [2.75, 3.05) is 11.1 Å². The number of anilines is 1. The van der Waals surface area contributed by atoms with E-state index in [2.05, 4.69) is 10.6 Å². The minimum absolute atomic E-state index is 0.114. The van der Waals surface area contributed by atoms with Crippen molar-refractivity contribution < 1.29 is 18.0 Å². The Labute approximate surface area is 166 Å². The van der Waals surface area contributed by atoms with E-state index in [-0.39, 0.29) is 23.1 Å². The summed E-state index contributed by atoms with van der Waals surface area (Å²) in [5.41, 5.74) is 0.512. The molecular weight excluding hydrogens is 404 g/mol. The summed E-state index contributed by atoms with van der Waals surface area (Å²) in [6, 6.07) is 8.55. The Kier molecular flexibility index (Phi) is 6.23. The highest BCUT2D eigenvalue weighted by Crippen LogP contribution is 2.33. The molecule has 0 saturated carbocycles. The Morgan fingerprint density at radius 2 is 2.15 bits per heavy atom. The molecule has 144 valence electrons. The number of nitrogens with one attached hydrogen (secondary N) is 2. The van der Waals surface area contributed by atoms with E-state index >= 15 is 0 Å². The standard InChI is InChI=1S/C18H20N2O4S3/c1-12(9-18(22)19-11-13-3-2-7-25-13)27(23,24)14-4-5-16-15(10-14)20-17(21)6-8-26-16/h2-5,7,10,12H,6,8-9,11H2,1H3,(H,19,22)(H,20,21)/t12-/m1/s1. The van der Waals surface area contributed by atoms with Crippen LogP contribution in [0.15, 0.2) is 45.5 Å². The van der Waals surface area contributed by atoms with Gasteiger partial charge in [0.1, 0.15) is 0 Å². The molecule has 9 heteroatoms. The van der Waals surface area contributed by atoms with Gasteiger partial charge in [0.05, 0.1) is 22.4 Å². The number of hydrogen-bond acceptors (Lipinski definition) is 6. The van der Waals surface area contributed by atoms with Gasteiger partial charge in [-0.05, 0) is 36.6 Å². The molecule has 2 aromatic rings. The summed E-state index contributed by atoms with van der Waals surface area (Å²) in [6.07, 6.45) is 0.272. The molecule has 0 radical (unpaired) electrons. The van der Waals surface area contributed by atoms with Crippen LogP contribution in [0.2, 0.25) is 0 Å². The van der Waals surface area contributed by atoms with Crippen LogP contribution in [0.5, 0.6) is 0 Å². The molecule has 1 aromatic carbocycles. The molecule has 6 nitrogen and oxygen atoms in total. The molecule has 0 fully saturated rings. The number of thiophene rings is 1. The molecule has 2 amide bonds. The molecule has 1 aromatic heterocycles. The number of sulfone groups is 1. The van der Waals surface area contributed by atoms with Crippen LogP contribution >= 0.6 is 23.1 Å². The molecule has 0 unspecified atom stereocenters. The van der Waals surface area contributed by atoms with Crippen LogP contribution in [0, 0.1) is 0 Å². The monoisotopic (exact) mass is 424 g/mol. The number of thioether (sulfide) groups is 1. The minimum atomic E-state index is -3.69. The fraction of sp³-hybridized carbons (Fsp3) is 0.333. The van der Waals surface area contributed by atoms with Gasteiger partial charge in [0.15, 0.2) is 9.84 Å². The zero-order chi connectivity index (χ0) is 19.4. The first-order chi connectivity index (χ1) is 12.9. The average molecular weight is 425 g/mol. The van der Waals surface area contributed by atoms with Crippen molar-refractivity contribution in [1.82, 2.24) is 5.32 Å². The van der Waals surface area contributed by atoms with E-state index in [1.165, 1.54) is 36.1 Å². The van der Waals surface area contributed by atoms with E-state index < -0.39 is 15.1 Å². The van der Waals surface area contributed by atoms with Gasteiger partial charge in [-0.1, -0.05) is 6.07 Å². The zero-order valence-corrected chi connectivity index (χ0v) is 17.2. The van der Waals surface area contributed by atoms with E-state index in [1.54, 1.807) is 12.1 Å². The van der Waals surface area contributed by atoms with E-state index in [9.17, 15) is 18.0 Å². The first kappa shape index (κ1) is 19.9. The van der Waals surface area contributed by atoms with Crippen LogP contribution in [-0.2, 0) is 26.0 Å². The zero-order valence-electron chi connectivity index (χ0n) is 14.7. The van der Waals surface area contributed by atoms with Gasteiger partial charge in [0.25, 0.3) is 0 Å². The van der Waals surface area contributed by atoms with Gasteiger partial charge in [-0.2, -0.15) is 0 Å². The first-order valence-electron chi connectivity index (χ1n) is 8.46. The molecule has 0 saturated heterocycles. The number of fused-ring (bicyclic) bond motifs is 1. The molecule has 1 aliphatic heterocycles. The fourth-order valence-corrected chi connectivity index (χ4v) is 5.61. The van der Waals surface area contributed by atoms with Crippen molar-refractivity contribution in [3.8, 4) is 0 Å². The largest absolute Gasteiger partial charge is 0.351 e. The number of carbonyl (C=O) groups excluding carboxylic acids is 2. The van der Waals surface area contributed by atoms with Gasteiger partial charge in [0, 0.05) is 28.4 Å². The maximum atomic E-state index is 12.9. The average Bonchev–Trinajstić information content (AvgIpc) is 3.07. The van der Waals surface area contributed by atoms with Crippen LogP contribution in [-0.4, -0.2) is 31.2 Å². The number of amides is 2. The molecule has 2 heterocycles. The molecule has 1 atom stereocenters. The third-order valence-electron chi connectivity index (χ3n) is 4.18. The van der Waals surface area contributed by atoms with Crippen LogP contribution < -0.4 is 10.6 Å². The smallest absolute Gasteiger partial charge is 0.225 e. The van der Waals surface area contributed by atoms with E-state index in [0.717, 1.165) is 9.77 Å². The summed E-state index contributed by atoms with van der Waals surface area (Å²) in [4.78, 5) is 25.8. The van der Waals surface area contributed by atoms with Gasteiger partial charge in [-0.25, -0.2) is 8.42 Å². The first-order valence-corrected chi connectivity index (χ1v) is 11.9. The second-order valence-electron chi connectivity index (χ2n) is 6.22. The predicted octanol–water partition coefficient (Wildman–Crippen LogP) is 3.05. The number of carbonyl (C=O) groups is 2. The Bertz CT molecular complexity index is 940. The summed E-state index contributed by atoms with van der Waals surface area (Å²) >= 11 is 3.05.